The van der Waals surface area contributed by atoms with E-state index >= 15 is 0 Å². The molecule has 0 aliphatic carbocycles. The zero-order valence-corrected chi connectivity index (χ0v) is 10.2. The zero-order valence-electron chi connectivity index (χ0n) is 8.57. The summed E-state index contributed by atoms with van der Waals surface area (Å²) < 4.78 is 55.8. The van der Waals surface area contributed by atoms with Crippen molar-refractivity contribution >= 4 is 21.7 Å². The van der Waals surface area contributed by atoms with Crippen LogP contribution in [0.5, 0.6) is 5.75 Å². The quantitative estimate of drug-likeness (QED) is 0.485. The first-order chi connectivity index (χ1) is 7.82. The molecular weight excluding hydrogens is 308 g/mol. The molecule has 1 aromatic rings. The Kier molecular flexibility index (Phi) is 4.13. The summed E-state index contributed by atoms with van der Waals surface area (Å²) in [6, 6.07) is 1.56. The van der Waals surface area contributed by atoms with Gasteiger partial charge in [0.1, 0.15) is 5.56 Å². The summed E-state index contributed by atoms with van der Waals surface area (Å²) in [4.78, 5) is 11.3. The Hall–Kier alpha value is -1.11. The number of carbonyl (C=O) groups excluding carboxylic acids is 1. The minimum absolute atomic E-state index is 0.287. The largest absolute Gasteiger partial charge is 0.493 e. The molecule has 0 unspecified atom stereocenters. The van der Waals surface area contributed by atoms with Crippen molar-refractivity contribution < 1.29 is 27.1 Å². The topological polar surface area (TPSA) is 26.3 Å². The van der Waals surface area contributed by atoms with Crippen LogP contribution in [0.4, 0.5) is 17.6 Å². The van der Waals surface area contributed by atoms with E-state index in [2.05, 4.69) is 20.7 Å². The van der Waals surface area contributed by atoms with Gasteiger partial charge in [0.25, 0.3) is 0 Å². The Morgan fingerprint density at radius 2 is 2.00 bits per heavy atom. The summed E-state index contributed by atoms with van der Waals surface area (Å²) in [5.74, 6) is -2.93. The molecule has 0 saturated carbocycles. The summed E-state index contributed by atoms with van der Waals surface area (Å²) in [5, 5.41) is -0.287. The lowest BCUT2D eigenvalue weighted by atomic mass is 10.0. The molecule has 0 radical (unpaired) electrons. The van der Waals surface area contributed by atoms with Gasteiger partial charge in [-0.25, -0.2) is 4.39 Å². The molecule has 2 nitrogen and oxygen atoms in total. The molecule has 0 aliphatic heterocycles. The van der Waals surface area contributed by atoms with Crippen LogP contribution in [-0.4, -0.2) is 18.2 Å². The molecule has 1 aromatic carbocycles. The van der Waals surface area contributed by atoms with Crippen molar-refractivity contribution in [3.63, 3.8) is 0 Å². The van der Waals surface area contributed by atoms with Crippen molar-refractivity contribution in [2.24, 2.45) is 0 Å². The predicted molar refractivity (Wildman–Crippen MR) is 56.1 cm³/mol. The number of hydrogen-bond acceptors (Lipinski definition) is 2. The van der Waals surface area contributed by atoms with Gasteiger partial charge in [-0.15, -0.1) is 0 Å². The molecule has 0 aliphatic rings. The Labute approximate surface area is 103 Å². The summed E-state index contributed by atoms with van der Waals surface area (Å²) in [6.07, 6.45) is -4.86. The maximum absolute atomic E-state index is 13.2. The smallest absolute Gasteiger partial charge is 0.420 e. The second-order valence-electron chi connectivity index (χ2n) is 3.06. The molecule has 1 rings (SSSR count). The van der Waals surface area contributed by atoms with Crippen LogP contribution in [0.25, 0.3) is 0 Å². The van der Waals surface area contributed by atoms with Crippen molar-refractivity contribution in [2.45, 2.75) is 6.18 Å². The average molecular weight is 315 g/mol. The van der Waals surface area contributed by atoms with Crippen LogP contribution in [0.3, 0.4) is 0 Å². The molecule has 7 heteroatoms. The summed E-state index contributed by atoms with van der Waals surface area (Å²) in [7, 11) is 0.913. The van der Waals surface area contributed by atoms with Crippen LogP contribution in [0.1, 0.15) is 15.9 Å². The van der Waals surface area contributed by atoms with Crippen LogP contribution in [0, 0.1) is 5.82 Å². The highest BCUT2D eigenvalue weighted by molar-refractivity contribution is 9.09. The van der Waals surface area contributed by atoms with Gasteiger partial charge in [-0.3, -0.25) is 4.79 Å². The van der Waals surface area contributed by atoms with Gasteiger partial charge in [0, 0.05) is 5.56 Å². The van der Waals surface area contributed by atoms with Gasteiger partial charge in [0.05, 0.1) is 12.4 Å². The molecule has 0 heterocycles. The fourth-order valence-corrected chi connectivity index (χ4v) is 1.64. The number of hydrogen-bond donors (Lipinski definition) is 0. The van der Waals surface area contributed by atoms with Crippen LogP contribution in [0.2, 0.25) is 0 Å². The van der Waals surface area contributed by atoms with Crippen LogP contribution in [-0.2, 0) is 6.18 Å². The standard InChI is InChI=1S/C10H7BrF4O2/c1-17-9-6(12)3-2-5(7(16)4-11)8(9)10(13,14)15/h2-3H,4H2,1H3. The molecule has 0 N–H and O–H groups in total. The fraction of sp³-hybridized carbons (Fsp3) is 0.300. The lowest BCUT2D eigenvalue weighted by Crippen LogP contribution is -2.16. The van der Waals surface area contributed by atoms with Gasteiger partial charge in [-0.05, 0) is 12.1 Å². The van der Waals surface area contributed by atoms with Crippen molar-refractivity contribution in [3.05, 3.63) is 29.1 Å². The van der Waals surface area contributed by atoms with E-state index in [-0.39, 0.29) is 5.33 Å². The zero-order chi connectivity index (χ0) is 13.2. The fourth-order valence-electron chi connectivity index (χ4n) is 1.34. The summed E-state index contributed by atoms with van der Waals surface area (Å²) in [6.45, 7) is 0. The van der Waals surface area contributed by atoms with Crippen molar-refractivity contribution in [1.82, 2.24) is 0 Å². The lowest BCUT2D eigenvalue weighted by molar-refractivity contribution is -0.139. The number of alkyl halides is 4. The molecular formula is C10H7BrF4O2. The number of carbonyl (C=O) groups is 1. The van der Waals surface area contributed by atoms with E-state index in [1.165, 1.54) is 0 Å². The van der Waals surface area contributed by atoms with E-state index in [9.17, 15) is 22.4 Å². The highest BCUT2D eigenvalue weighted by Crippen LogP contribution is 2.40. The summed E-state index contributed by atoms with van der Waals surface area (Å²) in [5.41, 5.74) is -2.00. The average Bonchev–Trinajstić information content (AvgIpc) is 2.26. The summed E-state index contributed by atoms with van der Waals surface area (Å²) >= 11 is 2.77. The minimum atomic E-state index is -4.86. The van der Waals surface area contributed by atoms with E-state index in [1.807, 2.05) is 0 Å². The van der Waals surface area contributed by atoms with E-state index in [0.717, 1.165) is 19.2 Å². The SMILES string of the molecule is COc1c(F)ccc(C(=O)CBr)c1C(F)(F)F. The third-order valence-electron chi connectivity index (χ3n) is 2.02. The number of ketones is 1. The number of benzene rings is 1. The minimum Gasteiger partial charge on any atom is -0.493 e. The second kappa shape index (κ2) is 5.03. The molecule has 94 valence electrons. The van der Waals surface area contributed by atoms with E-state index in [4.69, 9.17) is 0 Å². The molecule has 0 aromatic heterocycles. The Bertz CT molecular complexity index is 443. The van der Waals surface area contributed by atoms with Gasteiger partial charge in [0.2, 0.25) is 0 Å². The Morgan fingerprint density at radius 1 is 1.41 bits per heavy atom. The van der Waals surface area contributed by atoms with Crippen molar-refractivity contribution in [1.29, 1.82) is 0 Å². The highest BCUT2D eigenvalue weighted by Gasteiger charge is 2.39. The van der Waals surface area contributed by atoms with Crippen LogP contribution in [0.15, 0.2) is 12.1 Å². The molecule has 17 heavy (non-hydrogen) atoms. The molecule has 0 atom stereocenters. The molecule has 0 amide bonds. The number of rotatable bonds is 3. The monoisotopic (exact) mass is 314 g/mol. The Balaban J connectivity index is 3.57. The van der Waals surface area contributed by atoms with Gasteiger partial charge >= 0.3 is 6.18 Å². The maximum atomic E-state index is 13.2. The highest BCUT2D eigenvalue weighted by atomic mass is 79.9. The van der Waals surface area contributed by atoms with Crippen molar-refractivity contribution in [2.75, 3.05) is 12.4 Å². The van der Waals surface area contributed by atoms with Gasteiger partial charge < -0.3 is 4.74 Å². The maximum Gasteiger partial charge on any atom is 0.420 e. The van der Waals surface area contributed by atoms with Gasteiger partial charge in [-0.2, -0.15) is 13.2 Å². The van der Waals surface area contributed by atoms with E-state index in [1.54, 1.807) is 0 Å². The van der Waals surface area contributed by atoms with Gasteiger partial charge in [0.15, 0.2) is 17.3 Å². The van der Waals surface area contributed by atoms with Crippen LogP contribution < -0.4 is 4.74 Å². The van der Waals surface area contributed by atoms with E-state index in [0.29, 0.717) is 0 Å². The predicted octanol–water partition coefficient (Wildman–Crippen LogP) is 3.43. The molecule has 0 spiro atoms. The van der Waals surface area contributed by atoms with E-state index < -0.39 is 34.7 Å². The van der Waals surface area contributed by atoms with Crippen LogP contribution >= 0.6 is 15.9 Å². The third kappa shape index (κ3) is 2.77. The molecule has 0 saturated heterocycles. The second-order valence-corrected chi connectivity index (χ2v) is 3.62. The number of halogens is 5. The number of methoxy groups -OCH3 is 1. The first-order valence-electron chi connectivity index (χ1n) is 4.35. The number of Topliss-reactive ketones (excluding diaryl/α,β-unsaturated/α-hetero) is 1. The Morgan fingerprint density at radius 3 is 2.41 bits per heavy atom. The number of ether oxygens (including phenoxy) is 1. The van der Waals surface area contributed by atoms with Gasteiger partial charge in [-0.1, -0.05) is 15.9 Å². The third-order valence-corrected chi connectivity index (χ3v) is 2.53. The first-order valence-corrected chi connectivity index (χ1v) is 5.48. The molecule has 0 fully saturated rings. The first kappa shape index (κ1) is 14.0. The normalized spacial score (nSPS) is 11.4. The lowest BCUT2D eigenvalue weighted by Gasteiger charge is -2.15. The molecule has 0 bridgehead atoms. The van der Waals surface area contributed by atoms with Crippen molar-refractivity contribution in [3.8, 4) is 5.75 Å².